The summed E-state index contributed by atoms with van der Waals surface area (Å²) in [5.41, 5.74) is 1.09. The maximum atomic E-state index is 11.6. The van der Waals surface area contributed by atoms with Crippen LogP contribution in [-0.2, 0) is 19.4 Å². The standard InChI is InChI=1S/C13H16O4S/c1-4-5-12(13(14)17-2)10-6-8-11(9-7-10)18(3,15)16/h5-9H,4H2,1-3H3. The SMILES string of the molecule is CCC=C(C(=O)OC)c1ccc(S(C)(=O)=O)cc1. The van der Waals surface area contributed by atoms with Crippen molar-refractivity contribution in [2.24, 2.45) is 0 Å². The molecule has 0 spiro atoms. The first kappa shape index (κ1) is 14.4. The number of methoxy groups -OCH3 is 1. The van der Waals surface area contributed by atoms with Crippen LogP contribution in [0, 0.1) is 0 Å². The smallest absolute Gasteiger partial charge is 0.338 e. The van der Waals surface area contributed by atoms with Crippen molar-refractivity contribution in [1.29, 1.82) is 0 Å². The minimum absolute atomic E-state index is 0.229. The topological polar surface area (TPSA) is 60.4 Å². The second-order valence-electron chi connectivity index (χ2n) is 3.81. The van der Waals surface area contributed by atoms with Crippen LogP contribution >= 0.6 is 0 Å². The lowest BCUT2D eigenvalue weighted by Gasteiger charge is -2.06. The molecule has 1 rings (SSSR count). The van der Waals surface area contributed by atoms with Crippen LogP contribution in [0.15, 0.2) is 35.2 Å². The lowest BCUT2D eigenvalue weighted by atomic mass is 10.1. The fourth-order valence-corrected chi connectivity index (χ4v) is 2.15. The van der Waals surface area contributed by atoms with Crippen LogP contribution in [0.5, 0.6) is 0 Å². The Kier molecular flexibility index (Phi) is 4.67. The largest absolute Gasteiger partial charge is 0.465 e. The van der Waals surface area contributed by atoms with Gasteiger partial charge in [0.1, 0.15) is 0 Å². The third-order valence-corrected chi connectivity index (χ3v) is 3.54. The maximum absolute atomic E-state index is 11.6. The van der Waals surface area contributed by atoms with Gasteiger partial charge in [-0.3, -0.25) is 0 Å². The van der Waals surface area contributed by atoms with Gasteiger partial charge in [0.2, 0.25) is 0 Å². The molecule has 0 atom stereocenters. The fourth-order valence-electron chi connectivity index (χ4n) is 1.51. The normalized spacial score (nSPS) is 12.3. The molecule has 0 aliphatic rings. The van der Waals surface area contributed by atoms with E-state index in [1.807, 2.05) is 6.92 Å². The fraction of sp³-hybridized carbons (Fsp3) is 0.308. The molecule has 18 heavy (non-hydrogen) atoms. The monoisotopic (exact) mass is 268 g/mol. The van der Waals surface area contributed by atoms with E-state index in [0.29, 0.717) is 17.6 Å². The van der Waals surface area contributed by atoms with Crippen LogP contribution < -0.4 is 0 Å². The van der Waals surface area contributed by atoms with E-state index in [0.717, 1.165) is 6.26 Å². The number of ether oxygens (including phenoxy) is 1. The highest BCUT2D eigenvalue weighted by molar-refractivity contribution is 7.90. The number of carbonyl (C=O) groups is 1. The molecule has 1 aromatic carbocycles. The molecule has 0 unspecified atom stereocenters. The summed E-state index contributed by atoms with van der Waals surface area (Å²) < 4.78 is 27.3. The highest BCUT2D eigenvalue weighted by Crippen LogP contribution is 2.19. The molecule has 1 aromatic rings. The lowest BCUT2D eigenvalue weighted by molar-refractivity contribution is -0.133. The van der Waals surface area contributed by atoms with Gasteiger partial charge in [-0.1, -0.05) is 25.1 Å². The van der Waals surface area contributed by atoms with Crippen LogP contribution in [0.1, 0.15) is 18.9 Å². The number of sulfone groups is 1. The van der Waals surface area contributed by atoms with Gasteiger partial charge in [-0.2, -0.15) is 0 Å². The summed E-state index contributed by atoms with van der Waals surface area (Å²) in [6.07, 6.45) is 3.59. The highest BCUT2D eigenvalue weighted by Gasteiger charge is 2.13. The van der Waals surface area contributed by atoms with Gasteiger partial charge in [0.25, 0.3) is 0 Å². The number of rotatable bonds is 4. The van der Waals surface area contributed by atoms with E-state index in [1.54, 1.807) is 18.2 Å². The highest BCUT2D eigenvalue weighted by atomic mass is 32.2. The van der Waals surface area contributed by atoms with Gasteiger partial charge in [-0.05, 0) is 24.1 Å². The lowest BCUT2D eigenvalue weighted by Crippen LogP contribution is -2.04. The van der Waals surface area contributed by atoms with Crippen LogP contribution in [0.25, 0.3) is 5.57 Å². The Balaban J connectivity index is 3.17. The third kappa shape index (κ3) is 3.43. The first-order valence-corrected chi connectivity index (χ1v) is 7.38. The van der Waals surface area contributed by atoms with Gasteiger partial charge in [0.15, 0.2) is 9.84 Å². The van der Waals surface area contributed by atoms with E-state index in [4.69, 9.17) is 4.74 Å². The first-order valence-electron chi connectivity index (χ1n) is 5.49. The second kappa shape index (κ2) is 5.82. The molecular weight excluding hydrogens is 252 g/mol. The summed E-state index contributed by atoms with van der Waals surface area (Å²) in [6.45, 7) is 1.91. The molecule has 4 nitrogen and oxygen atoms in total. The van der Waals surface area contributed by atoms with Crippen LogP contribution in [-0.4, -0.2) is 27.8 Å². The van der Waals surface area contributed by atoms with E-state index < -0.39 is 15.8 Å². The predicted octanol–water partition coefficient (Wildman–Crippen LogP) is 2.06. The Morgan fingerprint density at radius 3 is 2.22 bits per heavy atom. The zero-order valence-electron chi connectivity index (χ0n) is 10.6. The minimum atomic E-state index is -3.22. The quantitative estimate of drug-likeness (QED) is 0.619. The van der Waals surface area contributed by atoms with Crippen LogP contribution in [0.4, 0.5) is 0 Å². The van der Waals surface area contributed by atoms with E-state index in [9.17, 15) is 13.2 Å². The molecule has 5 heteroatoms. The Bertz CT molecular complexity index is 553. The Morgan fingerprint density at radius 1 is 1.28 bits per heavy atom. The molecule has 0 amide bonds. The summed E-state index contributed by atoms with van der Waals surface area (Å²) >= 11 is 0. The summed E-state index contributed by atoms with van der Waals surface area (Å²) in [7, 11) is -1.90. The molecule has 98 valence electrons. The van der Waals surface area contributed by atoms with Crippen molar-refractivity contribution in [1.82, 2.24) is 0 Å². The zero-order valence-corrected chi connectivity index (χ0v) is 11.5. The third-order valence-electron chi connectivity index (χ3n) is 2.41. The van der Waals surface area contributed by atoms with Gasteiger partial charge in [-0.15, -0.1) is 0 Å². The summed E-state index contributed by atoms with van der Waals surface area (Å²) in [4.78, 5) is 11.8. The average molecular weight is 268 g/mol. The van der Waals surface area contributed by atoms with Crippen molar-refractivity contribution in [3.8, 4) is 0 Å². The number of esters is 1. The Morgan fingerprint density at radius 2 is 1.83 bits per heavy atom. The van der Waals surface area contributed by atoms with Gasteiger partial charge in [0.05, 0.1) is 17.6 Å². The number of hydrogen-bond acceptors (Lipinski definition) is 4. The molecule has 0 N–H and O–H groups in total. The Hall–Kier alpha value is -1.62. The van der Waals surface area contributed by atoms with E-state index in [2.05, 4.69) is 0 Å². The van der Waals surface area contributed by atoms with Crippen molar-refractivity contribution in [2.75, 3.05) is 13.4 Å². The molecule has 0 aliphatic carbocycles. The van der Waals surface area contributed by atoms with Crippen molar-refractivity contribution < 1.29 is 17.9 Å². The number of benzene rings is 1. The Labute approximate surface area is 107 Å². The molecule has 0 fully saturated rings. The van der Waals surface area contributed by atoms with Crippen molar-refractivity contribution >= 4 is 21.4 Å². The molecule has 0 heterocycles. The zero-order chi connectivity index (χ0) is 13.8. The maximum Gasteiger partial charge on any atom is 0.338 e. The van der Waals surface area contributed by atoms with Gasteiger partial charge in [-0.25, -0.2) is 13.2 Å². The minimum Gasteiger partial charge on any atom is -0.465 e. The molecule has 0 aliphatic heterocycles. The van der Waals surface area contributed by atoms with Crippen molar-refractivity contribution in [2.45, 2.75) is 18.2 Å². The van der Waals surface area contributed by atoms with Gasteiger partial charge in [0, 0.05) is 6.26 Å². The summed E-state index contributed by atoms with van der Waals surface area (Å²) in [5, 5.41) is 0. The average Bonchev–Trinajstić information content (AvgIpc) is 2.34. The first-order chi connectivity index (χ1) is 8.40. The van der Waals surface area contributed by atoms with Crippen LogP contribution in [0.3, 0.4) is 0 Å². The number of allylic oxidation sites excluding steroid dienone is 1. The van der Waals surface area contributed by atoms with E-state index >= 15 is 0 Å². The number of hydrogen-bond donors (Lipinski definition) is 0. The molecule has 0 aromatic heterocycles. The van der Waals surface area contributed by atoms with Crippen LogP contribution in [0.2, 0.25) is 0 Å². The predicted molar refractivity (Wildman–Crippen MR) is 69.8 cm³/mol. The molecule has 0 saturated carbocycles. The molecule has 0 saturated heterocycles. The van der Waals surface area contributed by atoms with Gasteiger partial charge >= 0.3 is 5.97 Å². The van der Waals surface area contributed by atoms with E-state index in [-0.39, 0.29) is 4.90 Å². The summed E-state index contributed by atoms with van der Waals surface area (Å²) in [6, 6.07) is 6.18. The number of carbonyl (C=O) groups excluding carboxylic acids is 1. The molecule has 0 bridgehead atoms. The summed E-state index contributed by atoms with van der Waals surface area (Å²) in [5.74, 6) is -0.427. The van der Waals surface area contributed by atoms with E-state index in [1.165, 1.54) is 19.2 Å². The second-order valence-corrected chi connectivity index (χ2v) is 5.83. The molecular formula is C13H16O4S. The molecule has 0 radical (unpaired) electrons. The van der Waals surface area contributed by atoms with Crippen molar-refractivity contribution in [3.05, 3.63) is 35.9 Å². The van der Waals surface area contributed by atoms with Crippen molar-refractivity contribution in [3.63, 3.8) is 0 Å². The van der Waals surface area contributed by atoms with Gasteiger partial charge < -0.3 is 4.74 Å².